The second-order valence-electron chi connectivity index (χ2n) is 9.37. The number of nitrogens with one attached hydrogen (secondary N) is 1. The van der Waals surface area contributed by atoms with E-state index in [4.69, 9.17) is 4.98 Å². The fourth-order valence-corrected chi connectivity index (χ4v) is 4.95. The Hall–Kier alpha value is -1.84. The summed E-state index contributed by atoms with van der Waals surface area (Å²) >= 11 is 0. The molecule has 0 atom stereocenters. The third-order valence-corrected chi connectivity index (χ3v) is 6.84. The lowest BCUT2D eigenvalue weighted by Crippen LogP contribution is -2.33. The number of carbonyl (C=O) groups is 1. The van der Waals surface area contributed by atoms with Gasteiger partial charge in [0.05, 0.1) is 11.0 Å². The van der Waals surface area contributed by atoms with Gasteiger partial charge >= 0.3 is 0 Å². The monoisotopic (exact) mass is 425 g/mol. The van der Waals surface area contributed by atoms with Crippen molar-refractivity contribution in [3.05, 3.63) is 30.1 Å². The Kier molecular flexibility index (Phi) is 10.4. The van der Waals surface area contributed by atoms with Gasteiger partial charge < -0.3 is 9.88 Å². The number of aromatic nitrogens is 2. The molecule has 1 aromatic heterocycles. The lowest BCUT2D eigenvalue weighted by Gasteiger charge is -2.20. The predicted octanol–water partition coefficient (Wildman–Crippen LogP) is 6.81. The quantitative estimate of drug-likeness (QED) is 0.338. The normalized spacial score (nSPS) is 14.9. The van der Waals surface area contributed by atoms with Crippen molar-refractivity contribution >= 4 is 16.9 Å². The average Bonchev–Trinajstić information content (AvgIpc) is 3.16. The van der Waals surface area contributed by atoms with Crippen LogP contribution in [-0.2, 0) is 17.8 Å². The second-order valence-corrected chi connectivity index (χ2v) is 9.37. The van der Waals surface area contributed by atoms with E-state index in [1.165, 1.54) is 82.6 Å². The SMILES string of the molecule is CCCCCCCCCCCn1c(CCNC(=O)C2CCCCC2)nc2ccccc21. The summed E-state index contributed by atoms with van der Waals surface area (Å²) in [7, 11) is 0. The molecular weight excluding hydrogens is 382 g/mol. The topological polar surface area (TPSA) is 46.9 Å². The van der Waals surface area contributed by atoms with Gasteiger partial charge in [0.25, 0.3) is 0 Å². The molecule has 0 aliphatic heterocycles. The molecular formula is C27H43N3O. The van der Waals surface area contributed by atoms with Gasteiger partial charge in [-0.2, -0.15) is 0 Å². The first-order valence-corrected chi connectivity index (χ1v) is 13.0. The number of carbonyl (C=O) groups excluding carboxylic acids is 1. The zero-order chi connectivity index (χ0) is 21.7. The molecule has 1 aliphatic carbocycles. The van der Waals surface area contributed by atoms with Crippen LogP contribution in [0.1, 0.15) is 103 Å². The second kappa shape index (κ2) is 13.5. The van der Waals surface area contributed by atoms with Crippen molar-refractivity contribution < 1.29 is 4.79 Å². The molecule has 0 bridgehead atoms. The third-order valence-electron chi connectivity index (χ3n) is 6.84. The van der Waals surface area contributed by atoms with Crippen LogP contribution in [0.15, 0.2) is 24.3 Å². The van der Waals surface area contributed by atoms with E-state index in [-0.39, 0.29) is 11.8 Å². The van der Waals surface area contributed by atoms with E-state index < -0.39 is 0 Å². The number of aryl methyl sites for hydroxylation is 1. The largest absolute Gasteiger partial charge is 0.355 e. The van der Waals surface area contributed by atoms with Gasteiger partial charge in [-0.25, -0.2) is 4.98 Å². The van der Waals surface area contributed by atoms with Crippen LogP contribution in [-0.4, -0.2) is 22.0 Å². The molecule has 1 fully saturated rings. The smallest absolute Gasteiger partial charge is 0.223 e. The van der Waals surface area contributed by atoms with Crippen LogP contribution in [0, 0.1) is 5.92 Å². The van der Waals surface area contributed by atoms with E-state index in [2.05, 4.69) is 41.1 Å². The molecule has 4 heteroatoms. The number of para-hydroxylation sites is 2. The summed E-state index contributed by atoms with van der Waals surface area (Å²) in [4.78, 5) is 17.4. The maximum absolute atomic E-state index is 12.5. The van der Waals surface area contributed by atoms with E-state index in [9.17, 15) is 4.79 Å². The van der Waals surface area contributed by atoms with Crippen LogP contribution in [0.3, 0.4) is 0 Å². The zero-order valence-electron chi connectivity index (χ0n) is 19.7. The Labute approximate surface area is 189 Å². The molecule has 4 nitrogen and oxygen atoms in total. The Morgan fingerprint density at radius 1 is 0.968 bits per heavy atom. The Bertz CT molecular complexity index is 776. The number of fused-ring (bicyclic) bond motifs is 1. The van der Waals surface area contributed by atoms with E-state index in [1.54, 1.807) is 0 Å². The highest BCUT2D eigenvalue weighted by Gasteiger charge is 2.20. The van der Waals surface area contributed by atoms with Crippen LogP contribution in [0.4, 0.5) is 0 Å². The fourth-order valence-electron chi connectivity index (χ4n) is 4.95. The lowest BCUT2D eigenvalue weighted by molar-refractivity contribution is -0.125. The van der Waals surface area contributed by atoms with Crippen molar-refractivity contribution in [2.75, 3.05) is 6.54 Å². The molecule has 1 heterocycles. The highest BCUT2D eigenvalue weighted by molar-refractivity contribution is 5.78. The summed E-state index contributed by atoms with van der Waals surface area (Å²) in [6.07, 6.45) is 18.7. The number of hydrogen-bond donors (Lipinski definition) is 1. The highest BCUT2D eigenvalue weighted by atomic mass is 16.1. The molecule has 1 N–H and O–H groups in total. The molecule has 1 amide bonds. The van der Waals surface area contributed by atoms with Gasteiger partial charge in [0.1, 0.15) is 5.82 Å². The molecule has 0 spiro atoms. The summed E-state index contributed by atoms with van der Waals surface area (Å²) in [5.41, 5.74) is 2.31. The maximum atomic E-state index is 12.5. The number of hydrogen-bond acceptors (Lipinski definition) is 2. The van der Waals surface area contributed by atoms with Crippen LogP contribution in [0.2, 0.25) is 0 Å². The van der Waals surface area contributed by atoms with E-state index in [0.717, 1.165) is 37.1 Å². The number of benzene rings is 1. The highest BCUT2D eigenvalue weighted by Crippen LogP contribution is 2.23. The summed E-state index contributed by atoms with van der Waals surface area (Å²) in [6.45, 7) is 4.00. The molecule has 0 unspecified atom stereocenters. The van der Waals surface area contributed by atoms with Crippen molar-refractivity contribution in [2.24, 2.45) is 5.92 Å². The molecule has 31 heavy (non-hydrogen) atoms. The van der Waals surface area contributed by atoms with Gasteiger partial charge in [0.2, 0.25) is 5.91 Å². The first-order chi connectivity index (χ1) is 15.3. The van der Waals surface area contributed by atoms with E-state index >= 15 is 0 Å². The first kappa shape index (κ1) is 23.8. The van der Waals surface area contributed by atoms with Gasteiger partial charge in [0.15, 0.2) is 0 Å². The number of nitrogens with zero attached hydrogens (tertiary/aromatic N) is 2. The summed E-state index contributed by atoms with van der Waals surface area (Å²) in [5, 5.41) is 3.19. The van der Waals surface area contributed by atoms with Crippen molar-refractivity contribution in [1.82, 2.24) is 14.9 Å². The Morgan fingerprint density at radius 3 is 2.39 bits per heavy atom. The van der Waals surface area contributed by atoms with Crippen molar-refractivity contribution in [1.29, 1.82) is 0 Å². The Morgan fingerprint density at radius 2 is 1.65 bits per heavy atom. The predicted molar refractivity (Wildman–Crippen MR) is 130 cm³/mol. The molecule has 0 radical (unpaired) electrons. The summed E-state index contributed by atoms with van der Waals surface area (Å²) < 4.78 is 2.39. The van der Waals surface area contributed by atoms with Gasteiger partial charge in [0, 0.05) is 25.4 Å². The molecule has 172 valence electrons. The molecule has 1 aromatic carbocycles. The minimum absolute atomic E-state index is 0.231. The zero-order valence-corrected chi connectivity index (χ0v) is 19.7. The molecule has 0 saturated heterocycles. The average molecular weight is 426 g/mol. The fraction of sp³-hybridized carbons (Fsp3) is 0.704. The lowest BCUT2D eigenvalue weighted by atomic mass is 9.89. The van der Waals surface area contributed by atoms with Crippen LogP contribution >= 0.6 is 0 Å². The number of amides is 1. The van der Waals surface area contributed by atoms with Crippen LogP contribution in [0.5, 0.6) is 0 Å². The Balaban J connectivity index is 1.45. The minimum Gasteiger partial charge on any atom is -0.355 e. The standard InChI is InChI=1S/C27H43N3O/c1-2-3-4-5-6-7-8-9-15-22-30-25-19-14-13-18-24(25)29-26(30)20-21-28-27(31)23-16-11-10-12-17-23/h13-14,18-19,23H,2-12,15-17,20-22H2,1H3,(H,28,31). The van der Waals surface area contributed by atoms with Crippen molar-refractivity contribution in [3.63, 3.8) is 0 Å². The molecule has 2 aromatic rings. The van der Waals surface area contributed by atoms with Gasteiger partial charge in [-0.15, -0.1) is 0 Å². The van der Waals surface area contributed by atoms with Crippen molar-refractivity contribution in [2.45, 2.75) is 110 Å². The number of imidazole rings is 1. The molecule has 1 aliphatic rings. The van der Waals surface area contributed by atoms with E-state index in [1.807, 2.05) is 0 Å². The number of unbranched alkanes of at least 4 members (excludes halogenated alkanes) is 8. The minimum atomic E-state index is 0.231. The summed E-state index contributed by atoms with van der Waals surface area (Å²) in [5.74, 6) is 1.60. The van der Waals surface area contributed by atoms with Gasteiger partial charge in [-0.3, -0.25) is 4.79 Å². The van der Waals surface area contributed by atoms with E-state index in [0.29, 0.717) is 6.54 Å². The van der Waals surface area contributed by atoms with Gasteiger partial charge in [-0.1, -0.05) is 89.7 Å². The molecule has 3 rings (SSSR count). The maximum Gasteiger partial charge on any atom is 0.223 e. The first-order valence-electron chi connectivity index (χ1n) is 13.0. The summed E-state index contributed by atoms with van der Waals surface area (Å²) in [6, 6.07) is 8.45. The van der Waals surface area contributed by atoms with Crippen LogP contribution in [0.25, 0.3) is 11.0 Å². The third kappa shape index (κ3) is 7.66. The van der Waals surface area contributed by atoms with Crippen LogP contribution < -0.4 is 5.32 Å². The molecule has 1 saturated carbocycles. The number of rotatable bonds is 14. The van der Waals surface area contributed by atoms with Crippen molar-refractivity contribution in [3.8, 4) is 0 Å². The van der Waals surface area contributed by atoms with Gasteiger partial charge in [-0.05, 0) is 31.4 Å².